The SMILES string of the molecule is c1ccc(-c2cc(-c3cccc(-c4nc5ccccc5c5cnc6c(ccc7cccnc76)c45)c3)cc(-c3ccccc3)n2)cc1. The first-order valence-electron chi connectivity index (χ1n) is 15.4. The Morgan fingerprint density at radius 2 is 1.09 bits per heavy atom. The zero-order chi connectivity index (χ0) is 30.5. The van der Waals surface area contributed by atoms with Gasteiger partial charge in [0.1, 0.15) is 0 Å². The molecule has 0 N–H and O–H groups in total. The second kappa shape index (κ2) is 10.7. The van der Waals surface area contributed by atoms with E-state index >= 15 is 0 Å². The molecule has 0 saturated carbocycles. The lowest BCUT2D eigenvalue weighted by molar-refractivity contribution is 1.32. The molecule has 0 saturated heterocycles. The second-order valence-electron chi connectivity index (χ2n) is 11.5. The summed E-state index contributed by atoms with van der Waals surface area (Å²) in [5.41, 5.74) is 10.9. The van der Waals surface area contributed by atoms with Gasteiger partial charge < -0.3 is 0 Å². The number of nitrogens with zero attached hydrogens (tertiary/aromatic N) is 4. The van der Waals surface area contributed by atoms with Gasteiger partial charge in [0.15, 0.2) is 0 Å². The monoisotopic (exact) mass is 586 g/mol. The Kier molecular flexibility index (Phi) is 6.10. The molecule has 0 amide bonds. The Bertz CT molecular complexity index is 2520. The van der Waals surface area contributed by atoms with Crippen molar-refractivity contribution in [1.82, 2.24) is 19.9 Å². The summed E-state index contributed by atoms with van der Waals surface area (Å²) >= 11 is 0. The van der Waals surface area contributed by atoms with Crippen molar-refractivity contribution < 1.29 is 0 Å². The molecule has 0 radical (unpaired) electrons. The van der Waals surface area contributed by atoms with Crippen molar-refractivity contribution in [2.75, 3.05) is 0 Å². The van der Waals surface area contributed by atoms with Crippen molar-refractivity contribution >= 4 is 43.5 Å². The molecule has 4 aromatic heterocycles. The molecule has 9 aromatic rings. The number of aromatic nitrogens is 4. The van der Waals surface area contributed by atoms with Crippen LogP contribution in [0.4, 0.5) is 0 Å². The van der Waals surface area contributed by atoms with Gasteiger partial charge >= 0.3 is 0 Å². The van der Waals surface area contributed by atoms with E-state index < -0.39 is 0 Å². The minimum atomic E-state index is 0.884. The normalized spacial score (nSPS) is 11.5. The van der Waals surface area contributed by atoms with Gasteiger partial charge in [-0.2, -0.15) is 0 Å². The van der Waals surface area contributed by atoms with Gasteiger partial charge in [-0.3, -0.25) is 9.97 Å². The molecule has 4 heteroatoms. The number of pyridine rings is 4. The summed E-state index contributed by atoms with van der Waals surface area (Å²) in [6.45, 7) is 0. The van der Waals surface area contributed by atoms with Gasteiger partial charge in [0.25, 0.3) is 0 Å². The van der Waals surface area contributed by atoms with E-state index in [1.807, 2.05) is 36.7 Å². The Morgan fingerprint density at radius 3 is 1.87 bits per heavy atom. The summed E-state index contributed by atoms with van der Waals surface area (Å²) in [6, 6.07) is 50.5. The molecule has 0 unspecified atom stereocenters. The van der Waals surface area contributed by atoms with Crippen LogP contribution in [-0.2, 0) is 0 Å². The molecule has 0 aliphatic rings. The van der Waals surface area contributed by atoms with Crippen LogP contribution in [0.3, 0.4) is 0 Å². The lowest BCUT2D eigenvalue weighted by Gasteiger charge is -2.14. The van der Waals surface area contributed by atoms with E-state index in [-0.39, 0.29) is 0 Å². The summed E-state index contributed by atoms with van der Waals surface area (Å²) in [5, 5.41) is 5.36. The summed E-state index contributed by atoms with van der Waals surface area (Å²) in [7, 11) is 0. The highest BCUT2D eigenvalue weighted by Crippen LogP contribution is 2.39. The molecule has 9 rings (SSSR count). The smallest absolute Gasteiger partial charge is 0.0971 e. The zero-order valence-electron chi connectivity index (χ0n) is 24.8. The topological polar surface area (TPSA) is 51.6 Å². The molecule has 0 atom stereocenters. The van der Waals surface area contributed by atoms with Crippen LogP contribution in [0.25, 0.3) is 88.4 Å². The summed E-state index contributed by atoms with van der Waals surface area (Å²) < 4.78 is 0. The van der Waals surface area contributed by atoms with Crippen LogP contribution in [-0.4, -0.2) is 19.9 Å². The molecule has 214 valence electrons. The molecule has 4 nitrogen and oxygen atoms in total. The first-order valence-corrected chi connectivity index (χ1v) is 15.4. The van der Waals surface area contributed by atoms with Crippen LogP contribution < -0.4 is 0 Å². The molecular weight excluding hydrogens is 560 g/mol. The fraction of sp³-hybridized carbons (Fsp3) is 0. The van der Waals surface area contributed by atoms with Crippen molar-refractivity contribution in [3.63, 3.8) is 0 Å². The predicted molar refractivity (Wildman–Crippen MR) is 189 cm³/mol. The van der Waals surface area contributed by atoms with E-state index in [4.69, 9.17) is 19.9 Å². The Morgan fingerprint density at radius 1 is 0.391 bits per heavy atom. The van der Waals surface area contributed by atoms with Gasteiger partial charge in [0, 0.05) is 56.0 Å². The van der Waals surface area contributed by atoms with Gasteiger partial charge in [-0.05, 0) is 41.5 Å². The maximum atomic E-state index is 5.31. The highest BCUT2D eigenvalue weighted by molar-refractivity contribution is 6.23. The first-order chi connectivity index (χ1) is 22.8. The van der Waals surface area contributed by atoms with Crippen LogP contribution >= 0.6 is 0 Å². The van der Waals surface area contributed by atoms with Gasteiger partial charge in [0.05, 0.1) is 33.6 Å². The lowest BCUT2D eigenvalue weighted by Crippen LogP contribution is -1.94. The fourth-order valence-electron chi connectivity index (χ4n) is 6.50. The van der Waals surface area contributed by atoms with E-state index in [0.29, 0.717) is 0 Å². The molecule has 0 aliphatic heterocycles. The average molecular weight is 587 g/mol. The Hall–Kier alpha value is -6.26. The third-order valence-corrected chi connectivity index (χ3v) is 8.71. The minimum absolute atomic E-state index is 0.884. The van der Waals surface area contributed by atoms with Crippen molar-refractivity contribution in [2.24, 2.45) is 0 Å². The molecular formula is C42H26N4. The van der Waals surface area contributed by atoms with Crippen LogP contribution in [0.5, 0.6) is 0 Å². The second-order valence-corrected chi connectivity index (χ2v) is 11.5. The molecule has 4 heterocycles. The van der Waals surface area contributed by atoms with E-state index in [1.165, 1.54) is 0 Å². The average Bonchev–Trinajstić information content (AvgIpc) is 3.14. The van der Waals surface area contributed by atoms with Gasteiger partial charge in [-0.15, -0.1) is 0 Å². The van der Waals surface area contributed by atoms with Crippen molar-refractivity contribution in [2.45, 2.75) is 0 Å². The predicted octanol–water partition coefficient (Wildman–Crippen LogP) is 10.5. The molecule has 5 aromatic carbocycles. The number of para-hydroxylation sites is 1. The van der Waals surface area contributed by atoms with E-state index in [1.54, 1.807) is 0 Å². The minimum Gasteiger partial charge on any atom is -0.254 e. The number of fused-ring (bicyclic) bond motifs is 7. The van der Waals surface area contributed by atoms with Gasteiger partial charge in [0.2, 0.25) is 0 Å². The number of rotatable bonds is 4. The van der Waals surface area contributed by atoms with E-state index in [0.717, 1.165) is 88.4 Å². The first kappa shape index (κ1) is 26.2. The Labute approximate surface area is 265 Å². The van der Waals surface area contributed by atoms with Crippen molar-refractivity contribution in [1.29, 1.82) is 0 Å². The zero-order valence-corrected chi connectivity index (χ0v) is 24.8. The van der Waals surface area contributed by atoms with E-state index in [2.05, 4.69) is 121 Å². The largest absolute Gasteiger partial charge is 0.254 e. The standard InChI is InChI=1S/C42H26N4/c1-3-11-27(12-4-1)37-24-32(25-38(45-37)28-13-5-2-6-14-28)30-15-9-16-31(23-30)40-39-34-21-20-29-17-10-22-43-41(29)42(34)44-26-35(39)33-18-7-8-19-36(33)46-40/h1-26H. The maximum Gasteiger partial charge on any atom is 0.0971 e. The van der Waals surface area contributed by atoms with Gasteiger partial charge in [-0.25, -0.2) is 9.97 Å². The van der Waals surface area contributed by atoms with Crippen molar-refractivity contribution in [3.8, 4) is 44.9 Å². The maximum absolute atomic E-state index is 5.31. The highest BCUT2D eigenvalue weighted by Gasteiger charge is 2.17. The Balaban J connectivity index is 1.30. The number of benzene rings is 5. The molecule has 46 heavy (non-hydrogen) atoms. The number of hydrogen-bond donors (Lipinski definition) is 0. The summed E-state index contributed by atoms with van der Waals surface area (Å²) in [5.74, 6) is 0. The molecule has 0 bridgehead atoms. The molecule has 0 fully saturated rings. The van der Waals surface area contributed by atoms with Crippen LogP contribution in [0.15, 0.2) is 158 Å². The van der Waals surface area contributed by atoms with Crippen LogP contribution in [0.2, 0.25) is 0 Å². The highest BCUT2D eigenvalue weighted by atomic mass is 14.8. The van der Waals surface area contributed by atoms with Crippen LogP contribution in [0.1, 0.15) is 0 Å². The third kappa shape index (κ3) is 4.39. The van der Waals surface area contributed by atoms with Crippen LogP contribution in [0, 0.1) is 0 Å². The van der Waals surface area contributed by atoms with Gasteiger partial charge in [-0.1, -0.05) is 115 Å². The summed E-state index contributed by atoms with van der Waals surface area (Å²) in [6.07, 6.45) is 3.82. The summed E-state index contributed by atoms with van der Waals surface area (Å²) in [4.78, 5) is 20.1. The quantitative estimate of drug-likeness (QED) is 0.193. The molecule has 0 aliphatic carbocycles. The lowest BCUT2D eigenvalue weighted by atomic mass is 9.94. The third-order valence-electron chi connectivity index (χ3n) is 8.71. The fourth-order valence-corrected chi connectivity index (χ4v) is 6.50. The van der Waals surface area contributed by atoms with Crippen molar-refractivity contribution in [3.05, 3.63) is 158 Å². The molecule has 0 spiro atoms. The van der Waals surface area contributed by atoms with E-state index in [9.17, 15) is 0 Å². The number of hydrogen-bond acceptors (Lipinski definition) is 4.